The van der Waals surface area contributed by atoms with Gasteiger partial charge in [0.05, 0.1) is 23.1 Å². The highest BCUT2D eigenvalue weighted by Crippen LogP contribution is 2.39. The van der Waals surface area contributed by atoms with Crippen LogP contribution in [0.25, 0.3) is 0 Å². The summed E-state index contributed by atoms with van der Waals surface area (Å²) in [6.45, 7) is 5.34. The number of anilines is 1. The van der Waals surface area contributed by atoms with Gasteiger partial charge in [-0.2, -0.15) is 0 Å². The molecule has 1 aromatic rings. The van der Waals surface area contributed by atoms with E-state index in [4.69, 9.17) is 9.47 Å². The fourth-order valence-electron chi connectivity index (χ4n) is 2.50. The molecule has 0 saturated carbocycles. The molecule has 1 amide bonds. The van der Waals surface area contributed by atoms with Gasteiger partial charge in [-0.15, -0.1) is 11.8 Å². The summed E-state index contributed by atoms with van der Waals surface area (Å²) < 4.78 is 10.1. The summed E-state index contributed by atoms with van der Waals surface area (Å²) in [6, 6.07) is 5.42. The maximum Gasteiger partial charge on any atom is 0.338 e. The molecule has 126 valence electrons. The first kappa shape index (κ1) is 17.8. The van der Waals surface area contributed by atoms with E-state index in [0.717, 1.165) is 23.4 Å². The second kappa shape index (κ2) is 8.36. The van der Waals surface area contributed by atoms with Gasteiger partial charge in [0.15, 0.2) is 0 Å². The highest BCUT2D eigenvalue weighted by Gasteiger charge is 2.31. The number of unbranched alkanes of at least 4 members (excludes halogenated alkanes) is 1. The minimum atomic E-state index is -0.356. The minimum Gasteiger partial charge on any atom is -0.462 e. The number of carbonyl (C=O) groups is 2. The summed E-state index contributed by atoms with van der Waals surface area (Å²) in [5.74, 6) is -0.272. The number of nitrogens with zero attached hydrogens (tertiary/aromatic N) is 1. The van der Waals surface area contributed by atoms with E-state index in [0.29, 0.717) is 25.3 Å². The number of esters is 1. The number of ether oxygens (including phenoxy) is 2. The van der Waals surface area contributed by atoms with E-state index in [1.54, 1.807) is 31.1 Å². The molecule has 0 aromatic heterocycles. The molecule has 5 nitrogen and oxygen atoms in total. The van der Waals surface area contributed by atoms with Crippen molar-refractivity contribution >= 4 is 29.3 Å². The van der Waals surface area contributed by atoms with Crippen molar-refractivity contribution in [3.8, 4) is 0 Å². The van der Waals surface area contributed by atoms with Crippen LogP contribution in [0.15, 0.2) is 23.1 Å². The van der Waals surface area contributed by atoms with Crippen LogP contribution in [0, 0.1) is 0 Å². The normalized spacial score (nSPS) is 17.1. The molecule has 0 N–H and O–H groups in total. The third-order valence-corrected chi connectivity index (χ3v) is 4.81. The van der Waals surface area contributed by atoms with Gasteiger partial charge in [0.25, 0.3) is 0 Å². The summed E-state index contributed by atoms with van der Waals surface area (Å²) in [7, 11) is 1.67. The third-order valence-electron chi connectivity index (χ3n) is 3.66. The number of benzene rings is 1. The van der Waals surface area contributed by atoms with Crippen molar-refractivity contribution in [2.45, 2.75) is 36.8 Å². The first-order chi connectivity index (χ1) is 11.1. The number of hydrogen-bond donors (Lipinski definition) is 0. The highest BCUT2D eigenvalue weighted by atomic mass is 32.2. The van der Waals surface area contributed by atoms with Crippen LogP contribution in [0.4, 0.5) is 5.69 Å². The van der Waals surface area contributed by atoms with Crippen LogP contribution in [0.3, 0.4) is 0 Å². The number of amides is 1. The van der Waals surface area contributed by atoms with Gasteiger partial charge in [-0.25, -0.2) is 4.79 Å². The molecule has 0 radical (unpaired) electrons. The predicted octanol–water partition coefficient (Wildman–Crippen LogP) is 3.12. The smallest absolute Gasteiger partial charge is 0.338 e. The van der Waals surface area contributed by atoms with Gasteiger partial charge in [-0.1, -0.05) is 0 Å². The zero-order valence-electron chi connectivity index (χ0n) is 13.8. The number of fused-ring (bicyclic) bond motifs is 1. The van der Waals surface area contributed by atoms with Crippen LogP contribution in [0.2, 0.25) is 0 Å². The lowest BCUT2D eigenvalue weighted by Crippen LogP contribution is -2.40. The molecule has 1 aliphatic heterocycles. The summed E-state index contributed by atoms with van der Waals surface area (Å²) >= 11 is 1.53. The van der Waals surface area contributed by atoms with Crippen molar-refractivity contribution in [2.24, 2.45) is 0 Å². The Bertz CT molecular complexity index is 576. The van der Waals surface area contributed by atoms with Gasteiger partial charge >= 0.3 is 5.97 Å². The maximum atomic E-state index is 12.5. The Morgan fingerprint density at radius 3 is 2.83 bits per heavy atom. The lowest BCUT2D eigenvalue weighted by molar-refractivity contribution is -0.118. The molecule has 0 saturated heterocycles. The minimum absolute atomic E-state index is 0.0842. The topological polar surface area (TPSA) is 55.8 Å². The number of thioether (sulfide) groups is 1. The van der Waals surface area contributed by atoms with Crippen molar-refractivity contribution in [1.29, 1.82) is 0 Å². The lowest BCUT2D eigenvalue weighted by atomic mass is 10.1. The van der Waals surface area contributed by atoms with E-state index in [1.807, 2.05) is 13.0 Å². The molecule has 0 bridgehead atoms. The highest BCUT2D eigenvalue weighted by molar-refractivity contribution is 8.00. The van der Waals surface area contributed by atoms with Gasteiger partial charge in [0.2, 0.25) is 5.91 Å². The largest absolute Gasteiger partial charge is 0.462 e. The van der Waals surface area contributed by atoms with Crippen LogP contribution in [0.1, 0.15) is 37.0 Å². The summed E-state index contributed by atoms with van der Waals surface area (Å²) in [4.78, 5) is 27.3. The number of methoxy groups -OCH3 is 1. The molecule has 1 aliphatic rings. The molecule has 0 unspecified atom stereocenters. The Morgan fingerprint density at radius 2 is 2.13 bits per heavy atom. The maximum absolute atomic E-state index is 12.5. The van der Waals surface area contributed by atoms with E-state index >= 15 is 0 Å². The van der Waals surface area contributed by atoms with Crippen LogP contribution in [0.5, 0.6) is 0 Å². The number of hydrogen-bond acceptors (Lipinski definition) is 5. The predicted molar refractivity (Wildman–Crippen MR) is 91.2 cm³/mol. The molecule has 0 aliphatic carbocycles. The SMILES string of the molecule is CCOC(=O)c1ccc2c(c1)N(CCCCOC)C(=O)[C@@H](C)S2. The van der Waals surface area contributed by atoms with Gasteiger partial charge in [-0.3, -0.25) is 4.79 Å². The van der Waals surface area contributed by atoms with Gasteiger partial charge in [-0.05, 0) is 44.9 Å². The molecule has 6 heteroatoms. The first-order valence-corrected chi connectivity index (χ1v) is 8.74. The van der Waals surface area contributed by atoms with Crippen molar-refractivity contribution in [1.82, 2.24) is 0 Å². The molecule has 2 rings (SSSR count). The third kappa shape index (κ3) is 4.26. The molecule has 0 fully saturated rings. The zero-order valence-corrected chi connectivity index (χ0v) is 14.6. The summed E-state index contributed by atoms with van der Waals surface area (Å²) in [5, 5.41) is -0.113. The fourth-order valence-corrected chi connectivity index (χ4v) is 3.54. The van der Waals surface area contributed by atoms with Crippen LogP contribution in [-0.2, 0) is 14.3 Å². The molecule has 1 aromatic carbocycles. The molecular formula is C17H23NO4S. The second-order valence-electron chi connectivity index (χ2n) is 5.35. The first-order valence-electron chi connectivity index (χ1n) is 7.86. The Morgan fingerprint density at radius 1 is 1.35 bits per heavy atom. The zero-order chi connectivity index (χ0) is 16.8. The van der Waals surface area contributed by atoms with Gasteiger partial charge in [0, 0.05) is 25.2 Å². The van der Waals surface area contributed by atoms with E-state index in [-0.39, 0.29) is 17.1 Å². The fraction of sp³-hybridized carbons (Fsp3) is 0.529. The lowest BCUT2D eigenvalue weighted by Gasteiger charge is -2.32. The van der Waals surface area contributed by atoms with E-state index < -0.39 is 0 Å². The molecular weight excluding hydrogens is 314 g/mol. The van der Waals surface area contributed by atoms with E-state index in [1.165, 1.54) is 11.8 Å². The van der Waals surface area contributed by atoms with Gasteiger partial charge < -0.3 is 14.4 Å². The van der Waals surface area contributed by atoms with Crippen molar-refractivity contribution < 1.29 is 19.1 Å². The Labute approximate surface area is 141 Å². The monoisotopic (exact) mass is 337 g/mol. The van der Waals surface area contributed by atoms with Crippen molar-refractivity contribution in [2.75, 3.05) is 31.8 Å². The number of rotatable bonds is 7. The quantitative estimate of drug-likeness (QED) is 0.565. The Hall–Kier alpha value is -1.53. The van der Waals surface area contributed by atoms with Gasteiger partial charge in [0.1, 0.15) is 0 Å². The Balaban J connectivity index is 2.23. The molecule has 1 heterocycles. The summed E-state index contributed by atoms with van der Waals surface area (Å²) in [6.07, 6.45) is 1.76. The molecule has 0 spiro atoms. The van der Waals surface area contributed by atoms with Crippen LogP contribution in [-0.4, -0.2) is 44.0 Å². The average molecular weight is 337 g/mol. The van der Waals surface area contributed by atoms with Crippen LogP contribution < -0.4 is 4.90 Å². The molecule has 1 atom stereocenters. The van der Waals surface area contributed by atoms with E-state index in [2.05, 4.69) is 0 Å². The standard InChI is InChI=1S/C17H23NO4S/c1-4-22-17(20)13-7-8-15-14(11-13)18(9-5-6-10-21-3)16(19)12(2)23-15/h7-8,11-12H,4-6,9-10H2,1-3H3/t12-/m1/s1. The van der Waals surface area contributed by atoms with Crippen molar-refractivity contribution in [3.05, 3.63) is 23.8 Å². The van der Waals surface area contributed by atoms with Crippen LogP contribution >= 0.6 is 11.8 Å². The number of carbonyl (C=O) groups excluding carboxylic acids is 2. The van der Waals surface area contributed by atoms with Crippen molar-refractivity contribution in [3.63, 3.8) is 0 Å². The second-order valence-corrected chi connectivity index (χ2v) is 6.74. The summed E-state index contributed by atoms with van der Waals surface area (Å²) in [5.41, 5.74) is 1.29. The van der Waals surface area contributed by atoms with E-state index in [9.17, 15) is 9.59 Å². The average Bonchev–Trinajstić information content (AvgIpc) is 2.54. The molecule has 23 heavy (non-hydrogen) atoms. The Kier molecular flexibility index (Phi) is 6.47.